The van der Waals surface area contributed by atoms with Gasteiger partial charge in [-0.3, -0.25) is 4.79 Å². The van der Waals surface area contributed by atoms with Gasteiger partial charge in [0.15, 0.2) is 0 Å². The quantitative estimate of drug-likeness (QED) is 0.720. The predicted molar refractivity (Wildman–Crippen MR) is 77.6 cm³/mol. The number of ether oxygens (including phenoxy) is 1. The molecule has 1 rings (SSSR count). The van der Waals surface area contributed by atoms with Crippen LogP contribution in [-0.4, -0.2) is 25.6 Å². The second-order valence-electron chi connectivity index (χ2n) is 4.36. The summed E-state index contributed by atoms with van der Waals surface area (Å²) >= 11 is 5.93. The van der Waals surface area contributed by atoms with Gasteiger partial charge in [0.1, 0.15) is 5.75 Å². The molecule has 0 spiro atoms. The van der Waals surface area contributed by atoms with Crippen molar-refractivity contribution in [2.24, 2.45) is 5.73 Å². The molecule has 0 aliphatic heterocycles. The Morgan fingerprint density at radius 1 is 1.42 bits per heavy atom. The highest BCUT2D eigenvalue weighted by molar-refractivity contribution is 6.31. The van der Waals surface area contributed by atoms with Crippen LogP contribution in [0.5, 0.6) is 5.75 Å². The third-order valence-corrected chi connectivity index (χ3v) is 3.07. The van der Waals surface area contributed by atoms with Crippen LogP contribution in [0.15, 0.2) is 18.2 Å². The molecule has 0 fully saturated rings. The molecule has 1 amide bonds. The lowest BCUT2D eigenvalue weighted by Crippen LogP contribution is -2.26. The number of halogens is 1. The lowest BCUT2D eigenvalue weighted by atomic mass is 10.2. The Balaban J connectivity index is 2.16. The van der Waals surface area contributed by atoms with Crippen molar-refractivity contribution in [1.82, 2.24) is 5.32 Å². The first-order chi connectivity index (χ1) is 9.13. The molecule has 1 aromatic carbocycles. The number of amides is 1. The van der Waals surface area contributed by atoms with Crippen molar-refractivity contribution in [2.45, 2.75) is 26.2 Å². The third kappa shape index (κ3) is 6.45. The van der Waals surface area contributed by atoms with Crippen LogP contribution in [0.25, 0.3) is 0 Å². The smallest absolute Gasteiger partial charge is 0.220 e. The molecule has 4 nitrogen and oxygen atoms in total. The minimum Gasteiger partial charge on any atom is -0.494 e. The standard InChI is InChI=1S/C14H21ClN2O2/c1-11-10-12(5-6-13(11)15)19-9-2-4-14(18)17-8-3-7-16/h5-6,10H,2-4,7-9,16H2,1H3,(H,17,18). The van der Waals surface area contributed by atoms with Gasteiger partial charge in [-0.2, -0.15) is 0 Å². The van der Waals surface area contributed by atoms with Crippen LogP contribution in [0, 0.1) is 6.92 Å². The molecule has 0 radical (unpaired) electrons. The van der Waals surface area contributed by atoms with E-state index in [1.54, 1.807) is 0 Å². The number of carbonyl (C=O) groups excluding carboxylic acids is 1. The molecule has 0 unspecified atom stereocenters. The minimum atomic E-state index is 0.0457. The number of aryl methyl sites for hydroxylation is 1. The van der Waals surface area contributed by atoms with Crippen LogP contribution < -0.4 is 15.8 Å². The van der Waals surface area contributed by atoms with Gasteiger partial charge in [-0.25, -0.2) is 0 Å². The van der Waals surface area contributed by atoms with E-state index in [-0.39, 0.29) is 5.91 Å². The van der Waals surface area contributed by atoms with E-state index in [1.165, 1.54) is 0 Å². The Morgan fingerprint density at radius 2 is 2.21 bits per heavy atom. The fourth-order valence-corrected chi connectivity index (χ4v) is 1.67. The average molecular weight is 285 g/mol. The molecule has 5 heteroatoms. The number of rotatable bonds is 8. The maximum atomic E-state index is 11.4. The van der Waals surface area contributed by atoms with Crippen molar-refractivity contribution >= 4 is 17.5 Å². The molecule has 0 aliphatic rings. The number of hydrogen-bond donors (Lipinski definition) is 2. The zero-order chi connectivity index (χ0) is 14.1. The summed E-state index contributed by atoms with van der Waals surface area (Å²) in [5, 5.41) is 3.54. The van der Waals surface area contributed by atoms with Gasteiger partial charge in [0, 0.05) is 18.0 Å². The summed E-state index contributed by atoms with van der Waals surface area (Å²) in [6.45, 7) is 3.69. The van der Waals surface area contributed by atoms with Crippen LogP contribution in [0.3, 0.4) is 0 Å². The number of benzene rings is 1. The van der Waals surface area contributed by atoms with Crippen molar-refractivity contribution < 1.29 is 9.53 Å². The molecule has 0 saturated heterocycles. The van der Waals surface area contributed by atoms with E-state index < -0.39 is 0 Å². The van der Waals surface area contributed by atoms with E-state index in [9.17, 15) is 4.79 Å². The second-order valence-corrected chi connectivity index (χ2v) is 4.76. The lowest BCUT2D eigenvalue weighted by Gasteiger charge is -2.08. The van der Waals surface area contributed by atoms with Gasteiger partial charge in [-0.05, 0) is 50.1 Å². The predicted octanol–water partition coefficient (Wildman–Crippen LogP) is 2.27. The minimum absolute atomic E-state index is 0.0457. The van der Waals surface area contributed by atoms with Crippen LogP contribution in [0.2, 0.25) is 5.02 Å². The monoisotopic (exact) mass is 284 g/mol. The number of nitrogens with one attached hydrogen (secondary N) is 1. The maximum Gasteiger partial charge on any atom is 0.220 e. The highest BCUT2D eigenvalue weighted by atomic mass is 35.5. The highest BCUT2D eigenvalue weighted by Crippen LogP contribution is 2.21. The largest absolute Gasteiger partial charge is 0.494 e. The van der Waals surface area contributed by atoms with Crippen LogP contribution in [0.1, 0.15) is 24.8 Å². The molecular weight excluding hydrogens is 264 g/mol. The summed E-state index contributed by atoms with van der Waals surface area (Å²) < 4.78 is 5.56. The highest BCUT2D eigenvalue weighted by Gasteiger charge is 2.02. The van der Waals surface area contributed by atoms with Crippen molar-refractivity contribution in [2.75, 3.05) is 19.7 Å². The van der Waals surface area contributed by atoms with Crippen molar-refractivity contribution in [1.29, 1.82) is 0 Å². The summed E-state index contributed by atoms with van der Waals surface area (Å²) in [5.41, 5.74) is 6.33. The molecule has 1 aromatic rings. The summed E-state index contributed by atoms with van der Waals surface area (Å²) in [6, 6.07) is 5.53. The fourth-order valence-electron chi connectivity index (χ4n) is 1.55. The molecule has 0 aliphatic carbocycles. The van der Waals surface area contributed by atoms with Gasteiger partial charge in [-0.1, -0.05) is 11.6 Å². The number of carbonyl (C=O) groups is 1. The number of hydrogen-bond acceptors (Lipinski definition) is 3. The van der Waals surface area contributed by atoms with Gasteiger partial charge in [0.2, 0.25) is 5.91 Å². The molecule has 0 aromatic heterocycles. The normalized spacial score (nSPS) is 10.3. The first kappa shape index (κ1) is 15.8. The van der Waals surface area contributed by atoms with E-state index >= 15 is 0 Å². The zero-order valence-electron chi connectivity index (χ0n) is 11.2. The maximum absolute atomic E-state index is 11.4. The molecule has 19 heavy (non-hydrogen) atoms. The van der Waals surface area contributed by atoms with Crippen molar-refractivity contribution in [3.05, 3.63) is 28.8 Å². The van der Waals surface area contributed by atoms with Gasteiger partial charge in [0.05, 0.1) is 6.61 Å². The van der Waals surface area contributed by atoms with Crippen LogP contribution in [-0.2, 0) is 4.79 Å². The topological polar surface area (TPSA) is 64.3 Å². The lowest BCUT2D eigenvalue weighted by molar-refractivity contribution is -0.121. The van der Waals surface area contributed by atoms with Gasteiger partial charge >= 0.3 is 0 Å². The summed E-state index contributed by atoms with van der Waals surface area (Å²) in [4.78, 5) is 11.4. The fraction of sp³-hybridized carbons (Fsp3) is 0.500. The first-order valence-corrected chi connectivity index (χ1v) is 6.87. The van der Waals surface area contributed by atoms with Crippen molar-refractivity contribution in [3.8, 4) is 5.75 Å². The molecule has 0 atom stereocenters. The van der Waals surface area contributed by atoms with Crippen LogP contribution >= 0.6 is 11.6 Å². The summed E-state index contributed by atoms with van der Waals surface area (Å²) in [5.74, 6) is 0.828. The zero-order valence-corrected chi connectivity index (χ0v) is 12.0. The second kappa shape index (κ2) is 8.77. The summed E-state index contributed by atoms with van der Waals surface area (Å²) in [6.07, 6.45) is 1.97. The number of nitrogens with two attached hydrogens (primary N) is 1. The Kier molecular flexibility index (Phi) is 7.30. The molecule has 0 saturated carbocycles. The Morgan fingerprint density at radius 3 is 2.89 bits per heavy atom. The Bertz CT molecular complexity index is 410. The van der Waals surface area contributed by atoms with Crippen molar-refractivity contribution in [3.63, 3.8) is 0 Å². The first-order valence-electron chi connectivity index (χ1n) is 6.49. The SMILES string of the molecule is Cc1cc(OCCCC(=O)NCCCN)ccc1Cl. The Labute approximate surface area is 119 Å². The Hall–Kier alpha value is -1.26. The van der Waals surface area contributed by atoms with Gasteiger partial charge in [0.25, 0.3) is 0 Å². The van der Waals surface area contributed by atoms with E-state index in [1.807, 2.05) is 25.1 Å². The molecule has 0 heterocycles. The van der Waals surface area contributed by atoms with Gasteiger partial charge in [-0.15, -0.1) is 0 Å². The molecular formula is C14H21ClN2O2. The van der Waals surface area contributed by atoms with E-state index in [0.29, 0.717) is 32.5 Å². The molecule has 3 N–H and O–H groups in total. The average Bonchev–Trinajstić information content (AvgIpc) is 2.39. The van der Waals surface area contributed by atoms with E-state index in [2.05, 4.69) is 5.32 Å². The third-order valence-electron chi connectivity index (χ3n) is 2.65. The molecule has 106 valence electrons. The van der Waals surface area contributed by atoms with Crippen LogP contribution in [0.4, 0.5) is 0 Å². The van der Waals surface area contributed by atoms with E-state index in [4.69, 9.17) is 22.1 Å². The summed E-state index contributed by atoms with van der Waals surface area (Å²) in [7, 11) is 0. The molecule has 0 bridgehead atoms. The van der Waals surface area contributed by atoms with E-state index in [0.717, 1.165) is 22.8 Å². The van der Waals surface area contributed by atoms with Gasteiger partial charge < -0.3 is 15.8 Å².